The molecule has 6 heavy (non-hydrogen) atoms. The fourth-order valence-electron chi connectivity index (χ4n) is 0.561. The predicted octanol–water partition coefficient (Wildman–Crippen LogP) is 0.777. The maximum absolute atomic E-state index is 8.90. The van der Waals surface area contributed by atoms with Gasteiger partial charge in [-0.3, -0.25) is 0 Å². The number of aliphatic hydroxyl groups is 1. The standard InChI is InChI=1S/C5H10O/c1-4-3-5(4,2)6/h4,6H,3H2,1-2H3. The first kappa shape index (κ1) is 4.13. The summed E-state index contributed by atoms with van der Waals surface area (Å²) < 4.78 is 0. The van der Waals surface area contributed by atoms with Crippen LogP contribution in [0.1, 0.15) is 20.3 Å². The lowest BCUT2D eigenvalue weighted by atomic mass is 10.3. The van der Waals surface area contributed by atoms with Gasteiger partial charge in [-0.05, 0) is 19.3 Å². The van der Waals surface area contributed by atoms with Crippen molar-refractivity contribution in [1.82, 2.24) is 0 Å². The molecule has 1 aliphatic rings. The molecule has 0 aromatic carbocycles. The van der Waals surface area contributed by atoms with Crippen LogP contribution in [0.5, 0.6) is 0 Å². The Hall–Kier alpha value is -0.0400. The van der Waals surface area contributed by atoms with Gasteiger partial charge in [-0.15, -0.1) is 0 Å². The fraction of sp³-hybridized carbons (Fsp3) is 1.00. The molecular formula is C5H10O. The molecule has 0 spiro atoms. The molecule has 0 bridgehead atoms. The summed E-state index contributed by atoms with van der Waals surface area (Å²) in [4.78, 5) is 0. The van der Waals surface area contributed by atoms with Crippen molar-refractivity contribution in [2.24, 2.45) is 5.92 Å². The van der Waals surface area contributed by atoms with Gasteiger partial charge in [0.05, 0.1) is 5.60 Å². The van der Waals surface area contributed by atoms with Crippen LogP contribution in [0.25, 0.3) is 0 Å². The minimum Gasteiger partial charge on any atom is -0.390 e. The van der Waals surface area contributed by atoms with E-state index < -0.39 is 0 Å². The van der Waals surface area contributed by atoms with E-state index in [0.29, 0.717) is 5.92 Å². The first-order valence-corrected chi connectivity index (χ1v) is 2.35. The second-order valence-corrected chi connectivity index (χ2v) is 2.46. The van der Waals surface area contributed by atoms with Crippen LogP contribution in [-0.2, 0) is 0 Å². The van der Waals surface area contributed by atoms with Gasteiger partial charge >= 0.3 is 0 Å². The molecule has 1 saturated carbocycles. The summed E-state index contributed by atoms with van der Waals surface area (Å²) in [5.41, 5.74) is -0.292. The summed E-state index contributed by atoms with van der Waals surface area (Å²) in [5.74, 6) is 0.553. The highest BCUT2D eigenvalue weighted by Gasteiger charge is 2.44. The largest absolute Gasteiger partial charge is 0.390 e. The average Bonchev–Trinajstić information content (AvgIpc) is 1.73. The topological polar surface area (TPSA) is 20.2 Å². The summed E-state index contributed by atoms with van der Waals surface area (Å²) in [6, 6.07) is 0. The molecule has 36 valence electrons. The minimum absolute atomic E-state index is 0.292. The zero-order valence-corrected chi connectivity index (χ0v) is 4.23. The van der Waals surface area contributed by atoms with Crippen molar-refractivity contribution >= 4 is 0 Å². The van der Waals surface area contributed by atoms with Crippen molar-refractivity contribution in [3.63, 3.8) is 0 Å². The van der Waals surface area contributed by atoms with Gasteiger partial charge < -0.3 is 5.11 Å². The van der Waals surface area contributed by atoms with Crippen molar-refractivity contribution < 1.29 is 5.11 Å². The molecular weight excluding hydrogens is 76.1 g/mol. The third-order valence-corrected chi connectivity index (χ3v) is 1.62. The van der Waals surface area contributed by atoms with Crippen molar-refractivity contribution in [2.45, 2.75) is 25.9 Å². The first-order chi connectivity index (χ1) is 2.63. The Kier molecular flexibility index (Phi) is 0.539. The van der Waals surface area contributed by atoms with Crippen LogP contribution < -0.4 is 0 Å². The van der Waals surface area contributed by atoms with Gasteiger partial charge in [0.2, 0.25) is 0 Å². The molecule has 1 heteroatoms. The molecule has 1 nitrogen and oxygen atoms in total. The second kappa shape index (κ2) is 0.784. The van der Waals surface area contributed by atoms with Crippen LogP contribution in [0.4, 0.5) is 0 Å². The van der Waals surface area contributed by atoms with E-state index in [-0.39, 0.29) is 5.60 Å². The summed E-state index contributed by atoms with van der Waals surface area (Å²) in [6.45, 7) is 3.93. The maximum Gasteiger partial charge on any atom is 0.0649 e. The number of hydrogen-bond donors (Lipinski definition) is 1. The Labute approximate surface area is 38.0 Å². The van der Waals surface area contributed by atoms with Crippen molar-refractivity contribution in [3.05, 3.63) is 0 Å². The van der Waals surface area contributed by atoms with Gasteiger partial charge in [0.15, 0.2) is 0 Å². The molecule has 0 aromatic rings. The summed E-state index contributed by atoms with van der Waals surface area (Å²) >= 11 is 0. The number of rotatable bonds is 0. The monoisotopic (exact) mass is 86.1 g/mol. The van der Waals surface area contributed by atoms with Crippen LogP contribution in [0.15, 0.2) is 0 Å². The van der Waals surface area contributed by atoms with E-state index >= 15 is 0 Å². The van der Waals surface area contributed by atoms with Crippen molar-refractivity contribution in [3.8, 4) is 0 Å². The van der Waals surface area contributed by atoms with E-state index in [2.05, 4.69) is 6.92 Å². The van der Waals surface area contributed by atoms with E-state index in [4.69, 9.17) is 5.11 Å². The highest BCUT2D eigenvalue weighted by atomic mass is 16.3. The van der Waals surface area contributed by atoms with Crippen LogP contribution in [0.3, 0.4) is 0 Å². The Morgan fingerprint density at radius 1 is 1.83 bits per heavy atom. The number of hydrogen-bond acceptors (Lipinski definition) is 1. The molecule has 0 amide bonds. The molecule has 1 fully saturated rings. The van der Waals surface area contributed by atoms with E-state index in [1.54, 1.807) is 0 Å². The molecule has 0 aromatic heterocycles. The normalized spacial score (nSPS) is 55.5. The zero-order valence-electron chi connectivity index (χ0n) is 4.23. The van der Waals surface area contributed by atoms with Crippen LogP contribution in [-0.4, -0.2) is 10.7 Å². The van der Waals surface area contributed by atoms with Crippen molar-refractivity contribution in [1.29, 1.82) is 0 Å². The molecule has 1 rings (SSSR count). The van der Waals surface area contributed by atoms with Crippen LogP contribution >= 0.6 is 0 Å². The molecule has 2 atom stereocenters. The maximum atomic E-state index is 8.90. The second-order valence-electron chi connectivity index (χ2n) is 2.46. The Bertz CT molecular complexity index is 66.3. The van der Waals surface area contributed by atoms with Gasteiger partial charge in [-0.2, -0.15) is 0 Å². The molecule has 1 aliphatic carbocycles. The summed E-state index contributed by atoms with van der Waals surface area (Å²) in [5, 5.41) is 8.90. The molecule has 1 N–H and O–H groups in total. The lowest BCUT2D eigenvalue weighted by Crippen LogP contribution is -1.99. The Morgan fingerprint density at radius 2 is 2.00 bits per heavy atom. The molecule has 0 saturated heterocycles. The highest BCUT2D eigenvalue weighted by Crippen LogP contribution is 2.41. The molecule has 0 heterocycles. The SMILES string of the molecule is CC1CC1(C)O. The van der Waals surface area contributed by atoms with Crippen LogP contribution in [0, 0.1) is 5.92 Å². The van der Waals surface area contributed by atoms with Gasteiger partial charge in [-0.25, -0.2) is 0 Å². The quantitative estimate of drug-likeness (QED) is 0.462. The van der Waals surface area contributed by atoms with Gasteiger partial charge in [-0.1, -0.05) is 6.92 Å². The molecule has 2 unspecified atom stereocenters. The smallest absolute Gasteiger partial charge is 0.0649 e. The average molecular weight is 86.1 g/mol. The Balaban J connectivity index is 2.41. The van der Waals surface area contributed by atoms with E-state index in [1.807, 2.05) is 6.92 Å². The highest BCUT2D eigenvalue weighted by molar-refractivity contribution is 4.95. The predicted molar refractivity (Wildman–Crippen MR) is 24.4 cm³/mol. The van der Waals surface area contributed by atoms with E-state index in [0.717, 1.165) is 6.42 Å². The van der Waals surface area contributed by atoms with Gasteiger partial charge in [0.25, 0.3) is 0 Å². The third kappa shape index (κ3) is 0.432. The van der Waals surface area contributed by atoms with E-state index in [9.17, 15) is 0 Å². The zero-order chi connectivity index (χ0) is 4.78. The first-order valence-electron chi connectivity index (χ1n) is 2.35. The van der Waals surface area contributed by atoms with E-state index in [1.165, 1.54) is 0 Å². The lowest BCUT2D eigenvalue weighted by Gasteiger charge is -1.92. The lowest BCUT2D eigenvalue weighted by molar-refractivity contribution is 0.155. The summed E-state index contributed by atoms with van der Waals surface area (Å²) in [7, 11) is 0. The third-order valence-electron chi connectivity index (χ3n) is 1.62. The van der Waals surface area contributed by atoms with Crippen LogP contribution in [0.2, 0.25) is 0 Å². The van der Waals surface area contributed by atoms with Crippen molar-refractivity contribution in [2.75, 3.05) is 0 Å². The summed E-state index contributed by atoms with van der Waals surface area (Å²) in [6.07, 6.45) is 0.993. The van der Waals surface area contributed by atoms with Gasteiger partial charge in [0.1, 0.15) is 0 Å². The Morgan fingerprint density at radius 3 is 2.00 bits per heavy atom. The molecule has 0 radical (unpaired) electrons. The van der Waals surface area contributed by atoms with Gasteiger partial charge in [0, 0.05) is 0 Å². The minimum atomic E-state index is -0.292. The molecule has 0 aliphatic heterocycles. The fourth-order valence-corrected chi connectivity index (χ4v) is 0.561.